The molecule has 0 aliphatic carbocycles. The number of nitrogen functional groups attached to an aromatic ring is 1. The molecule has 27 heavy (non-hydrogen) atoms. The number of rotatable bonds is 7. The number of nitrogens with one attached hydrogen (secondary N) is 1. The second-order valence-electron chi connectivity index (χ2n) is 5.58. The van der Waals surface area contributed by atoms with Gasteiger partial charge in [-0.3, -0.25) is 10.1 Å². The fourth-order valence-corrected chi connectivity index (χ4v) is 2.50. The topological polar surface area (TPSA) is 129 Å². The van der Waals surface area contributed by atoms with Gasteiger partial charge in [0.05, 0.1) is 4.92 Å². The molecule has 0 aliphatic rings. The summed E-state index contributed by atoms with van der Waals surface area (Å²) >= 11 is 0. The van der Waals surface area contributed by atoms with E-state index < -0.39 is 4.92 Å². The van der Waals surface area contributed by atoms with Crippen molar-refractivity contribution in [2.75, 3.05) is 11.1 Å². The molecule has 0 aliphatic heterocycles. The van der Waals surface area contributed by atoms with Crippen molar-refractivity contribution in [2.45, 2.75) is 20.0 Å². The zero-order valence-corrected chi connectivity index (χ0v) is 14.6. The number of benzene rings is 2. The summed E-state index contributed by atoms with van der Waals surface area (Å²) in [6.45, 7) is 1.97. The molecule has 2 aromatic carbocycles. The molecule has 0 fully saturated rings. The van der Waals surface area contributed by atoms with Crippen LogP contribution in [-0.4, -0.2) is 19.9 Å². The van der Waals surface area contributed by atoms with Gasteiger partial charge in [0, 0.05) is 11.8 Å². The number of anilines is 3. The van der Waals surface area contributed by atoms with Crippen LogP contribution in [0.4, 0.5) is 23.3 Å². The van der Waals surface area contributed by atoms with Crippen LogP contribution in [0.25, 0.3) is 0 Å². The number of nitrogens with zero attached hydrogens (tertiary/aromatic N) is 4. The fourth-order valence-electron chi connectivity index (χ4n) is 2.50. The number of aromatic nitrogens is 3. The van der Waals surface area contributed by atoms with E-state index in [0.717, 1.165) is 17.7 Å². The largest absolute Gasteiger partial charge is 0.479 e. The lowest BCUT2D eigenvalue weighted by molar-refractivity contribution is -0.385. The molecule has 0 bridgehead atoms. The quantitative estimate of drug-likeness (QED) is 0.481. The van der Waals surface area contributed by atoms with Crippen molar-refractivity contribution < 1.29 is 9.66 Å². The summed E-state index contributed by atoms with van der Waals surface area (Å²) < 4.78 is 5.51. The van der Waals surface area contributed by atoms with Gasteiger partial charge in [0.2, 0.25) is 11.9 Å². The smallest absolute Gasteiger partial charge is 0.310 e. The molecule has 0 saturated carbocycles. The number of para-hydroxylation sites is 3. The number of hydrogen-bond donors (Lipinski definition) is 2. The minimum absolute atomic E-state index is 0.0302. The number of hydrogen-bond acceptors (Lipinski definition) is 8. The van der Waals surface area contributed by atoms with E-state index in [0.29, 0.717) is 0 Å². The van der Waals surface area contributed by atoms with Gasteiger partial charge in [0.25, 0.3) is 0 Å². The lowest BCUT2D eigenvalue weighted by atomic mass is 10.1. The van der Waals surface area contributed by atoms with E-state index in [9.17, 15) is 10.1 Å². The summed E-state index contributed by atoms with van der Waals surface area (Å²) in [6.07, 6.45) is 0.845. The van der Waals surface area contributed by atoms with Crippen LogP contribution in [0.2, 0.25) is 0 Å². The van der Waals surface area contributed by atoms with Gasteiger partial charge in [0.1, 0.15) is 6.61 Å². The summed E-state index contributed by atoms with van der Waals surface area (Å²) in [5, 5.41) is 14.2. The standard InChI is InChI=1S/C18H18N6O3/c1-2-12-7-3-4-8-13(12)20-18-22-16(21-17(19)23-18)11-27-15-10-6-5-9-14(15)24(25)26/h3-10H,2,11H2,1H3,(H3,19,20,21,22,23). The molecule has 0 spiro atoms. The van der Waals surface area contributed by atoms with Crippen molar-refractivity contribution in [1.82, 2.24) is 15.0 Å². The maximum Gasteiger partial charge on any atom is 0.310 e. The molecule has 9 heteroatoms. The Kier molecular flexibility index (Phi) is 5.41. The highest BCUT2D eigenvalue weighted by Gasteiger charge is 2.15. The molecule has 3 aromatic rings. The van der Waals surface area contributed by atoms with Crippen molar-refractivity contribution in [3.63, 3.8) is 0 Å². The second kappa shape index (κ2) is 8.09. The monoisotopic (exact) mass is 366 g/mol. The Bertz CT molecular complexity index is 963. The third kappa shape index (κ3) is 4.46. The number of nitrogens with two attached hydrogens (primary N) is 1. The number of ether oxygens (including phenoxy) is 1. The van der Waals surface area contributed by atoms with Crippen molar-refractivity contribution in [2.24, 2.45) is 0 Å². The molecule has 138 valence electrons. The molecule has 0 unspecified atom stereocenters. The normalized spacial score (nSPS) is 10.4. The van der Waals surface area contributed by atoms with Crippen molar-refractivity contribution in [1.29, 1.82) is 0 Å². The Morgan fingerprint density at radius 3 is 2.63 bits per heavy atom. The molecular formula is C18H18N6O3. The van der Waals surface area contributed by atoms with Crippen LogP contribution in [0.15, 0.2) is 48.5 Å². The first-order valence-electron chi connectivity index (χ1n) is 8.28. The average Bonchev–Trinajstić information content (AvgIpc) is 2.66. The van der Waals surface area contributed by atoms with Gasteiger partial charge in [-0.15, -0.1) is 0 Å². The van der Waals surface area contributed by atoms with E-state index in [4.69, 9.17) is 10.5 Å². The predicted octanol–water partition coefficient (Wildman–Crippen LogP) is 3.25. The zero-order chi connectivity index (χ0) is 19.2. The van der Waals surface area contributed by atoms with Crippen molar-refractivity contribution >= 4 is 23.3 Å². The van der Waals surface area contributed by atoms with Crippen molar-refractivity contribution in [3.8, 4) is 5.75 Å². The highest BCUT2D eigenvalue weighted by Crippen LogP contribution is 2.26. The van der Waals surface area contributed by atoms with E-state index in [2.05, 4.69) is 20.3 Å². The minimum atomic E-state index is -0.508. The van der Waals surface area contributed by atoms with Gasteiger partial charge in [-0.1, -0.05) is 37.3 Å². The number of nitro groups is 1. The molecule has 3 rings (SSSR count). The molecule has 9 nitrogen and oxygen atoms in total. The molecular weight excluding hydrogens is 348 g/mol. The highest BCUT2D eigenvalue weighted by molar-refractivity contribution is 5.58. The van der Waals surface area contributed by atoms with Gasteiger partial charge in [-0.05, 0) is 24.1 Å². The van der Waals surface area contributed by atoms with Gasteiger partial charge in [-0.25, -0.2) is 0 Å². The van der Waals surface area contributed by atoms with E-state index >= 15 is 0 Å². The van der Waals surface area contributed by atoms with E-state index in [1.807, 2.05) is 31.2 Å². The molecule has 0 radical (unpaired) electrons. The fraction of sp³-hybridized carbons (Fsp3) is 0.167. The maximum atomic E-state index is 11.1. The zero-order valence-electron chi connectivity index (χ0n) is 14.6. The van der Waals surface area contributed by atoms with Crippen LogP contribution < -0.4 is 15.8 Å². The van der Waals surface area contributed by atoms with Gasteiger partial charge < -0.3 is 15.8 Å². The van der Waals surface area contributed by atoms with Crippen LogP contribution in [0.1, 0.15) is 18.3 Å². The van der Waals surface area contributed by atoms with Crippen LogP contribution >= 0.6 is 0 Å². The number of nitro benzene ring substituents is 1. The summed E-state index contributed by atoms with van der Waals surface area (Å²) in [4.78, 5) is 23.0. The van der Waals surface area contributed by atoms with Crippen molar-refractivity contribution in [3.05, 3.63) is 70.0 Å². The third-order valence-corrected chi connectivity index (χ3v) is 3.76. The Balaban J connectivity index is 1.79. The third-order valence-electron chi connectivity index (χ3n) is 3.76. The van der Waals surface area contributed by atoms with Gasteiger partial charge in [0.15, 0.2) is 11.6 Å². The highest BCUT2D eigenvalue weighted by atomic mass is 16.6. The van der Waals surface area contributed by atoms with Gasteiger partial charge in [-0.2, -0.15) is 15.0 Å². The van der Waals surface area contributed by atoms with Crippen LogP contribution in [-0.2, 0) is 13.0 Å². The lowest BCUT2D eigenvalue weighted by Gasteiger charge is -2.11. The second-order valence-corrected chi connectivity index (χ2v) is 5.58. The molecule has 0 amide bonds. The lowest BCUT2D eigenvalue weighted by Crippen LogP contribution is -2.10. The Labute approximate surface area is 155 Å². The molecule has 3 N–H and O–H groups in total. The van der Waals surface area contributed by atoms with Crippen LogP contribution in [0.5, 0.6) is 5.75 Å². The van der Waals surface area contributed by atoms with E-state index in [1.165, 1.54) is 12.1 Å². The van der Waals surface area contributed by atoms with E-state index in [1.54, 1.807) is 12.1 Å². The predicted molar refractivity (Wildman–Crippen MR) is 101 cm³/mol. The first-order chi connectivity index (χ1) is 13.1. The van der Waals surface area contributed by atoms with Gasteiger partial charge >= 0.3 is 5.69 Å². The summed E-state index contributed by atoms with van der Waals surface area (Å²) in [7, 11) is 0. The summed E-state index contributed by atoms with van der Waals surface area (Å²) in [5.41, 5.74) is 7.61. The Morgan fingerprint density at radius 1 is 1.11 bits per heavy atom. The van der Waals surface area contributed by atoms with Crippen LogP contribution in [0, 0.1) is 10.1 Å². The SMILES string of the molecule is CCc1ccccc1Nc1nc(N)nc(COc2ccccc2[N+](=O)[O-])n1. The minimum Gasteiger partial charge on any atom is -0.479 e. The molecule has 0 saturated heterocycles. The van der Waals surface area contributed by atoms with E-state index in [-0.39, 0.29) is 35.8 Å². The Morgan fingerprint density at radius 2 is 1.85 bits per heavy atom. The van der Waals surface area contributed by atoms with Crippen LogP contribution in [0.3, 0.4) is 0 Å². The summed E-state index contributed by atoms with van der Waals surface area (Å²) in [6, 6.07) is 13.9. The Hall–Kier alpha value is -3.75. The molecule has 0 atom stereocenters. The average molecular weight is 366 g/mol. The summed E-state index contributed by atoms with van der Waals surface area (Å²) in [5.74, 6) is 0.705. The first kappa shape index (κ1) is 18.1. The first-order valence-corrected chi connectivity index (χ1v) is 8.28. The molecule has 1 heterocycles. The maximum absolute atomic E-state index is 11.1. The molecule has 1 aromatic heterocycles. The number of aryl methyl sites for hydroxylation is 1.